The maximum Gasteiger partial charge on any atom is 0.410 e. The molecule has 1 atom stereocenters. The van der Waals surface area contributed by atoms with E-state index in [4.69, 9.17) is 4.74 Å². The first kappa shape index (κ1) is 20.0. The summed E-state index contributed by atoms with van der Waals surface area (Å²) in [5.74, 6) is 0.509. The summed E-state index contributed by atoms with van der Waals surface area (Å²) in [5, 5.41) is 5.70. The molecule has 1 rings (SSSR count). The van der Waals surface area contributed by atoms with E-state index < -0.39 is 5.60 Å². The summed E-state index contributed by atoms with van der Waals surface area (Å²) in [7, 11) is 0. The van der Waals surface area contributed by atoms with Crippen LogP contribution < -0.4 is 5.32 Å². The highest BCUT2D eigenvalue weighted by Gasteiger charge is 2.22. The van der Waals surface area contributed by atoms with Gasteiger partial charge in [0.15, 0.2) is 0 Å². The average molecular weight is 341 g/mol. The number of ether oxygens (including phenoxy) is 1. The van der Waals surface area contributed by atoms with Crippen molar-refractivity contribution in [3.05, 3.63) is 22.4 Å². The Morgan fingerprint density at radius 1 is 1.35 bits per heavy atom. The second kappa shape index (κ2) is 9.28. The van der Waals surface area contributed by atoms with E-state index in [0.29, 0.717) is 18.5 Å². The summed E-state index contributed by atoms with van der Waals surface area (Å²) in [6, 6.07) is 4.58. The molecule has 0 spiro atoms. The van der Waals surface area contributed by atoms with Gasteiger partial charge in [-0.1, -0.05) is 26.8 Å². The third-order valence-corrected chi connectivity index (χ3v) is 4.36. The Balaban J connectivity index is 2.55. The van der Waals surface area contributed by atoms with Crippen LogP contribution in [0.5, 0.6) is 0 Å². The summed E-state index contributed by atoms with van der Waals surface area (Å²) >= 11 is 1.77. The number of rotatable bonds is 8. The summed E-state index contributed by atoms with van der Waals surface area (Å²) < 4.78 is 5.49. The number of hydrogen-bond acceptors (Lipinski definition) is 4. The van der Waals surface area contributed by atoms with Gasteiger partial charge in [-0.05, 0) is 44.6 Å². The number of nitrogens with zero attached hydrogens (tertiary/aromatic N) is 1. The maximum atomic E-state index is 12.3. The van der Waals surface area contributed by atoms with E-state index >= 15 is 0 Å². The molecule has 0 aliphatic rings. The van der Waals surface area contributed by atoms with Crippen LogP contribution in [0, 0.1) is 5.92 Å². The molecule has 1 N–H and O–H groups in total. The van der Waals surface area contributed by atoms with Crippen LogP contribution in [0.4, 0.5) is 4.79 Å². The Kier molecular flexibility index (Phi) is 8.06. The molecule has 1 amide bonds. The molecule has 0 fully saturated rings. The Labute approximate surface area is 145 Å². The second-order valence-corrected chi connectivity index (χ2v) is 8.14. The van der Waals surface area contributed by atoms with Gasteiger partial charge < -0.3 is 15.0 Å². The van der Waals surface area contributed by atoms with Gasteiger partial charge in [0, 0.05) is 30.6 Å². The van der Waals surface area contributed by atoms with Crippen molar-refractivity contribution >= 4 is 17.4 Å². The van der Waals surface area contributed by atoms with Crippen LogP contribution in [0.3, 0.4) is 0 Å². The lowest BCUT2D eigenvalue weighted by Gasteiger charge is -2.28. The highest BCUT2D eigenvalue weighted by atomic mass is 32.1. The lowest BCUT2D eigenvalue weighted by molar-refractivity contribution is 0.0250. The zero-order chi connectivity index (χ0) is 17.5. The van der Waals surface area contributed by atoms with E-state index in [9.17, 15) is 4.79 Å². The molecule has 23 heavy (non-hydrogen) atoms. The molecule has 1 aromatic rings. The quantitative estimate of drug-likeness (QED) is 0.747. The van der Waals surface area contributed by atoms with E-state index in [2.05, 4.69) is 43.6 Å². The SMILES string of the molecule is CCCN(CCNC(c1cccs1)C(C)C)C(=O)OC(C)(C)C. The lowest BCUT2D eigenvalue weighted by Crippen LogP contribution is -2.41. The molecular weight excluding hydrogens is 308 g/mol. The number of amides is 1. The number of carbonyl (C=O) groups is 1. The molecule has 5 heteroatoms. The lowest BCUT2D eigenvalue weighted by atomic mass is 10.0. The molecule has 0 saturated carbocycles. The van der Waals surface area contributed by atoms with Crippen molar-refractivity contribution in [1.82, 2.24) is 10.2 Å². The fourth-order valence-corrected chi connectivity index (χ4v) is 3.35. The minimum atomic E-state index is -0.450. The monoisotopic (exact) mass is 340 g/mol. The Bertz CT molecular complexity index is 452. The Hall–Kier alpha value is -1.07. The van der Waals surface area contributed by atoms with Crippen LogP contribution >= 0.6 is 11.3 Å². The maximum absolute atomic E-state index is 12.3. The van der Waals surface area contributed by atoms with Gasteiger partial charge in [0.1, 0.15) is 5.60 Å². The first-order valence-electron chi connectivity index (χ1n) is 8.49. The van der Waals surface area contributed by atoms with Crippen molar-refractivity contribution < 1.29 is 9.53 Å². The van der Waals surface area contributed by atoms with Crippen LogP contribution in [0.25, 0.3) is 0 Å². The molecule has 132 valence electrons. The van der Waals surface area contributed by atoms with Crippen molar-refractivity contribution in [3.63, 3.8) is 0 Å². The predicted octanol–water partition coefficient (Wildman–Crippen LogP) is 4.68. The molecule has 0 aliphatic carbocycles. The van der Waals surface area contributed by atoms with Gasteiger partial charge in [-0.25, -0.2) is 4.79 Å². The third-order valence-electron chi connectivity index (χ3n) is 3.41. The van der Waals surface area contributed by atoms with Gasteiger partial charge >= 0.3 is 6.09 Å². The molecular formula is C18H32N2O2S. The van der Waals surface area contributed by atoms with Gasteiger partial charge in [0.25, 0.3) is 0 Å². The summed E-state index contributed by atoms with van der Waals surface area (Å²) in [6.45, 7) is 14.4. The van der Waals surface area contributed by atoms with Crippen molar-refractivity contribution in [1.29, 1.82) is 0 Å². The fraction of sp³-hybridized carbons (Fsp3) is 0.722. The van der Waals surface area contributed by atoms with E-state index in [1.54, 1.807) is 16.2 Å². The molecule has 4 nitrogen and oxygen atoms in total. The third kappa shape index (κ3) is 7.36. The zero-order valence-electron chi connectivity index (χ0n) is 15.4. The minimum absolute atomic E-state index is 0.224. The Morgan fingerprint density at radius 2 is 2.04 bits per heavy atom. The zero-order valence-corrected chi connectivity index (χ0v) is 16.2. The molecule has 0 bridgehead atoms. The van der Waals surface area contributed by atoms with Crippen molar-refractivity contribution in [2.75, 3.05) is 19.6 Å². The number of thiophene rings is 1. The van der Waals surface area contributed by atoms with Crippen LogP contribution in [0.1, 0.15) is 58.9 Å². The van der Waals surface area contributed by atoms with Gasteiger partial charge in [-0.2, -0.15) is 0 Å². The van der Waals surface area contributed by atoms with Crippen LogP contribution in [0.15, 0.2) is 17.5 Å². The van der Waals surface area contributed by atoms with Gasteiger partial charge in [0.05, 0.1) is 0 Å². The Morgan fingerprint density at radius 3 is 2.52 bits per heavy atom. The van der Waals surface area contributed by atoms with E-state index in [-0.39, 0.29) is 6.09 Å². The fourth-order valence-electron chi connectivity index (χ4n) is 2.38. The molecule has 1 heterocycles. The first-order chi connectivity index (χ1) is 10.7. The molecule has 0 aromatic carbocycles. The van der Waals surface area contributed by atoms with E-state index in [1.807, 2.05) is 20.8 Å². The molecule has 1 aromatic heterocycles. The highest BCUT2D eigenvalue weighted by molar-refractivity contribution is 7.10. The van der Waals surface area contributed by atoms with Crippen LogP contribution in [0.2, 0.25) is 0 Å². The topological polar surface area (TPSA) is 41.6 Å². The summed E-state index contributed by atoms with van der Waals surface area (Å²) in [5.41, 5.74) is -0.450. The standard InChI is InChI=1S/C18H32N2O2S/c1-7-11-20(17(21)22-18(4,5)6)12-10-19-16(14(2)3)15-9-8-13-23-15/h8-9,13-14,16,19H,7,10-12H2,1-6H3. The van der Waals surface area contributed by atoms with E-state index in [1.165, 1.54) is 4.88 Å². The normalized spacial score (nSPS) is 13.2. The van der Waals surface area contributed by atoms with Crippen molar-refractivity contribution in [3.8, 4) is 0 Å². The molecule has 0 aliphatic heterocycles. The van der Waals surface area contributed by atoms with Gasteiger partial charge in [-0.15, -0.1) is 11.3 Å². The summed E-state index contributed by atoms with van der Waals surface area (Å²) in [4.78, 5) is 15.4. The molecule has 1 unspecified atom stereocenters. The predicted molar refractivity (Wildman–Crippen MR) is 98.0 cm³/mol. The highest BCUT2D eigenvalue weighted by Crippen LogP contribution is 2.25. The first-order valence-corrected chi connectivity index (χ1v) is 9.37. The minimum Gasteiger partial charge on any atom is -0.444 e. The van der Waals surface area contributed by atoms with Gasteiger partial charge in [0.2, 0.25) is 0 Å². The molecule has 0 radical (unpaired) electrons. The molecule has 0 saturated heterocycles. The van der Waals surface area contributed by atoms with Crippen LogP contribution in [-0.4, -0.2) is 36.2 Å². The number of nitrogens with one attached hydrogen (secondary N) is 1. The smallest absolute Gasteiger partial charge is 0.410 e. The van der Waals surface area contributed by atoms with Crippen molar-refractivity contribution in [2.45, 2.75) is 59.6 Å². The van der Waals surface area contributed by atoms with E-state index in [0.717, 1.165) is 19.5 Å². The second-order valence-electron chi connectivity index (χ2n) is 7.16. The van der Waals surface area contributed by atoms with Gasteiger partial charge in [-0.3, -0.25) is 0 Å². The number of carbonyl (C=O) groups excluding carboxylic acids is 1. The average Bonchev–Trinajstić information content (AvgIpc) is 2.93. The number of hydrogen-bond donors (Lipinski definition) is 1. The van der Waals surface area contributed by atoms with Crippen molar-refractivity contribution in [2.24, 2.45) is 5.92 Å². The summed E-state index contributed by atoms with van der Waals surface area (Å²) in [6.07, 6.45) is 0.705. The largest absolute Gasteiger partial charge is 0.444 e. The van der Waals surface area contributed by atoms with Crippen LogP contribution in [-0.2, 0) is 4.74 Å².